The molecule has 2 fully saturated rings. The number of carbonyl (C=O) groups excluding carboxylic acids is 2. The minimum Gasteiger partial charge on any atom is -0.352 e. The summed E-state index contributed by atoms with van der Waals surface area (Å²) < 4.78 is 37.2. The topological polar surface area (TPSA) is 104 Å². The molecule has 0 radical (unpaired) electrons. The second kappa shape index (κ2) is 7.61. The van der Waals surface area contributed by atoms with Crippen molar-refractivity contribution in [2.45, 2.75) is 49.6 Å². The Hall–Kier alpha value is -2.16. The standard InChI is InChI=1S/C17H22FN3O4S/c18-12-7-5-11(6-8-12)9-19-15(22)4-2-1-3-14-16-13(10-26(14,24)25)20-17(23)21-16/h5-8,13-14,16H,1-4,9-10H2,(H,19,22)(H2,20,21,23)/t13-,14+,16+/m0/s1. The van der Waals surface area contributed by atoms with Gasteiger partial charge in [0.2, 0.25) is 5.91 Å². The zero-order valence-corrected chi connectivity index (χ0v) is 15.0. The molecule has 9 heteroatoms. The van der Waals surface area contributed by atoms with E-state index in [4.69, 9.17) is 0 Å². The van der Waals surface area contributed by atoms with Crippen molar-refractivity contribution in [1.82, 2.24) is 16.0 Å². The van der Waals surface area contributed by atoms with E-state index in [1.165, 1.54) is 12.1 Å². The number of fused-ring (bicyclic) bond motifs is 1. The predicted molar refractivity (Wildman–Crippen MR) is 93.5 cm³/mol. The molecule has 3 amide bonds. The maximum atomic E-state index is 12.8. The monoisotopic (exact) mass is 383 g/mol. The number of halogens is 1. The molecular formula is C17H22FN3O4S. The van der Waals surface area contributed by atoms with Crippen LogP contribution in [0.25, 0.3) is 0 Å². The molecule has 3 rings (SSSR count). The molecular weight excluding hydrogens is 361 g/mol. The fourth-order valence-corrected chi connectivity index (χ4v) is 5.80. The van der Waals surface area contributed by atoms with E-state index in [1.54, 1.807) is 12.1 Å². The van der Waals surface area contributed by atoms with Gasteiger partial charge in [-0.05, 0) is 30.5 Å². The summed E-state index contributed by atoms with van der Waals surface area (Å²) in [5.41, 5.74) is 0.812. The summed E-state index contributed by atoms with van der Waals surface area (Å²) in [4.78, 5) is 23.2. The summed E-state index contributed by atoms with van der Waals surface area (Å²) in [5.74, 6) is -0.477. The van der Waals surface area contributed by atoms with Gasteiger partial charge in [-0.2, -0.15) is 0 Å². The predicted octanol–water partition coefficient (Wildman–Crippen LogP) is 0.849. The number of unbranched alkanes of at least 4 members (excludes halogenated alkanes) is 1. The van der Waals surface area contributed by atoms with E-state index in [0.29, 0.717) is 32.2 Å². The van der Waals surface area contributed by atoms with E-state index in [-0.39, 0.29) is 35.6 Å². The first kappa shape index (κ1) is 18.6. The Bertz CT molecular complexity index is 782. The second-order valence-corrected chi connectivity index (χ2v) is 9.03. The van der Waals surface area contributed by atoms with Gasteiger partial charge in [0, 0.05) is 13.0 Å². The molecule has 2 saturated heterocycles. The van der Waals surface area contributed by atoms with Crippen LogP contribution < -0.4 is 16.0 Å². The lowest BCUT2D eigenvalue weighted by Crippen LogP contribution is -2.39. The molecule has 0 saturated carbocycles. The Balaban J connectivity index is 1.39. The molecule has 2 aliphatic rings. The first-order valence-corrected chi connectivity index (χ1v) is 10.4. The number of carbonyl (C=O) groups is 2. The molecule has 0 aliphatic carbocycles. The van der Waals surface area contributed by atoms with E-state index in [1.807, 2.05) is 0 Å². The lowest BCUT2D eigenvalue weighted by atomic mass is 10.0. The number of benzene rings is 1. The van der Waals surface area contributed by atoms with E-state index in [9.17, 15) is 22.4 Å². The number of rotatable bonds is 7. The maximum absolute atomic E-state index is 12.8. The number of amides is 3. The Labute approximate surface area is 151 Å². The molecule has 3 N–H and O–H groups in total. The highest BCUT2D eigenvalue weighted by Crippen LogP contribution is 2.28. The molecule has 0 bridgehead atoms. The summed E-state index contributed by atoms with van der Waals surface area (Å²) in [7, 11) is -3.23. The largest absolute Gasteiger partial charge is 0.352 e. The van der Waals surface area contributed by atoms with Crippen molar-refractivity contribution < 1.29 is 22.4 Å². The third-order valence-electron chi connectivity index (χ3n) is 4.87. The minimum absolute atomic E-state index is 0.0285. The first-order valence-electron chi connectivity index (χ1n) is 8.65. The quantitative estimate of drug-likeness (QED) is 0.480. The molecule has 26 heavy (non-hydrogen) atoms. The molecule has 2 aliphatic heterocycles. The number of hydrogen-bond acceptors (Lipinski definition) is 4. The summed E-state index contributed by atoms with van der Waals surface area (Å²) in [6.45, 7) is 0.331. The fourth-order valence-electron chi connectivity index (χ4n) is 3.53. The van der Waals surface area contributed by atoms with Gasteiger partial charge in [0.25, 0.3) is 0 Å². The van der Waals surface area contributed by atoms with Gasteiger partial charge in [0.15, 0.2) is 9.84 Å². The maximum Gasteiger partial charge on any atom is 0.315 e. The van der Waals surface area contributed by atoms with Gasteiger partial charge in [0.1, 0.15) is 5.82 Å². The van der Waals surface area contributed by atoms with Crippen LogP contribution in [-0.4, -0.2) is 43.4 Å². The number of nitrogens with one attached hydrogen (secondary N) is 3. The first-order chi connectivity index (χ1) is 12.3. The van der Waals surface area contributed by atoms with Crippen LogP contribution in [0, 0.1) is 5.82 Å². The molecule has 0 unspecified atom stereocenters. The third-order valence-corrected chi connectivity index (χ3v) is 7.14. The van der Waals surface area contributed by atoms with Crippen LogP contribution in [0.5, 0.6) is 0 Å². The normalized spacial score (nSPS) is 26.0. The molecule has 0 spiro atoms. The molecule has 0 aromatic heterocycles. The van der Waals surface area contributed by atoms with Gasteiger partial charge in [-0.15, -0.1) is 0 Å². The van der Waals surface area contributed by atoms with Crippen molar-refractivity contribution in [2.24, 2.45) is 0 Å². The highest BCUT2D eigenvalue weighted by molar-refractivity contribution is 7.92. The molecule has 7 nitrogen and oxygen atoms in total. The Morgan fingerprint density at radius 1 is 1.19 bits per heavy atom. The highest BCUT2D eigenvalue weighted by atomic mass is 32.2. The van der Waals surface area contributed by atoms with Crippen LogP contribution in [0.2, 0.25) is 0 Å². The lowest BCUT2D eigenvalue weighted by molar-refractivity contribution is -0.121. The Kier molecular flexibility index (Phi) is 5.45. The number of urea groups is 1. The number of sulfone groups is 1. The molecule has 1 aromatic carbocycles. The summed E-state index contributed by atoms with van der Waals surface area (Å²) in [6, 6.07) is 4.86. The van der Waals surface area contributed by atoms with Gasteiger partial charge in [-0.25, -0.2) is 17.6 Å². The fraction of sp³-hybridized carbons (Fsp3) is 0.529. The summed E-state index contributed by atoms with van der Waals surface area (Å²) in [5, 5.41) is 7.48. The van der Waals surface area contributed by atoms with Crippen molar-refractivity contribution in [2.75, 3.05) is 5.75 Å². The van der Waals surface area contributed by atoms with Crippen LogP contribution in [0.1, 0.15) is 31.2 Å². The lowest BCUT2D eigenvalue weighted by Gasteiger charge is -2.16. The number of hydrogen-bond donors (Lipinski definition) is 3. The van der Waals surface area contributed by atoms with Crippen molar-refractivity contribution in [1.29, 1.82) is 0 Å². The van der Waals surface area contributed by atoms with Crippen LogP contribution in [0.4, 0.5) is 9.18 Å². The van der Waals surface area contributed by atoms with E-state index in [0.717, 1.165) is 5.56 Å². The SMILES string of the molecule is O=C(CCCC[C@@H]1[C@@H]2NC(=O)N[C@H]2CS1(=O)=O)NCc1ccc(F)cc1. The van der Waals surface area contributed by atoms with Crippen LogP contribution in [0.15, 0.2) is 24.3 Å². The average Bonchev–Trinajstić information content (AvgIpc) is 3.03. The van der Waals surface area contributed by atoms with Crippen molar-refractivity contribution in [3.05, 3.63) is 35.6 Å². The van der Waals surface area contributed by atoms with E-state index < -0.39 is 15.1 Å². The molecule has 3 atom stereocenters. The van der Waals surface area contributed by atoms with E-state index >= 15 is 0 Å². The van der Waals surface area contributed by atoms with E-state index in [2.05, 4.69) is 16.0 Å². The van der Waals surface area contributed by atoms with Gasteiger partial charge in [-0.3, -0.25) is 4.79 Å². The van der Waals surface area contributed by atoms with Gasteiger partial charge >= 0.3 is 6.03 Å². The molecule has 1 aromatic rings. The van der Waals surface area contributed by atoms with Crippen molar-refractivity contribution >= 4 is 21.8 Å². The minimum atomic E-state index is -3.23. The van der Waals surface area contributed by atoms with Gasteiger partial charge in [0.05, 0.1) is 23.1 Å². The highest BCUT2D eigenvalue weighted by Gasteiger charge is 2.51. The average molecular weight is 383 g/mol. The van der Waals surface area contributed by atoms with Crippen LogP contribution in [-0.2, 0) is 21.2 Å². The van der Waals surface area contributed by atoms with Gasteiger partial charge in [-0.1, -0.05) is 18.6 Å². The second-order valence-electron chi connectivity index (χ2n) is 6.77. The van der Waals surface area contributed by atoms with Gasteiger partial charge < -0.3 is 16.0 Å². The van der Waals surface area contributed by atoms with Crippen molar-refractivity contribution in [3.63, 3.8) is 0 Å². The Morgan fingerprint density at radius 2 is 1.92 bits per heavy atom. The van der Waals surface area contributed by atoms with Crippen LogP contribution >= 0.6 is 0 Å². The summed E-state index contributed by atoms with van der Waals surface area (Å²) >= 11 is 0. The molecule has 142 valence electrons. The summed E-state index contributed by atoms with van der Waals surface area (Å²) in [6.07, 6.45) is 1.89. The van der Waals surface area contributed by atoms with Crippen molar-refractivity contribution in [3.8, 4) is 0 Å². The third kappa shape index (κ3) is 4.32. The zero-order chi connectivity index (χ0) is 18.7. The Morgan fingerprint density at radius 3 is 2.65 bits per heavy atom. The van der Waals surface area contributed by atoms with Crippen LogP contribution in [0.3, 0.4) is 0 Å². The molecule has 2 heterocycles. The zero-order valence-electron chi connectivity index (χ0n) is 14.2. The smallest absolute Gasteiger partial charge is 0.315 e.